The Kier molecular flexibility index (Phi) is 7.06. The van der Waals surface area contributed by atoms with Gasteiger partial charge in [-0.05, 0) is 65.7 Å². The highest BCUT2D eigenvalue weighted by Gasteiger charge is 2.44. The number of anilines is 2. The summed E-state index contributed by atoms with van der Waals surface area (Å²) in [6.45, 7) is 1.30. The third-order valence-corrected chi connectivity index (χ3v) is 5.89. The van der Waals surface area contributed by atoms with Gasteiger partial charge in [0.1, 0.15) is 23.2 Å². The topological polar surface area (TPSA) is 122 Å². The van der Waals surface area contributed by atoms with Gasteiger partial charge in [0.05, 0.1) is 11.1 Å². The number of amides is 2. The summed E-state index contributed by atoms with van der Waals surface area (Å²) in [4.78, 5) is 45.5. The van der Waals surface area contributed by atoms with Crippen LogP contribution in [-0.4, -0.2) is 40.8 Å². The molecule has 2 amide bonds. The fourth-order valence-electron chi connectivity index (χ4n) is 3.57. The maximum atomic E-state index is 15.0. The van der Waals surface area contributed by atoms with Crippen molar-refractivity contribution in [1.82, 2.24) is 15.3 Å². The number of hydrogen-bond acceptors (Lipinski definition) is 7. The Morgan fingerprint density at radius 1 is 1.06 bits per heavy atom. The number of carbonyl (C=O) groups is 3. The Morgan fingerprint density at radius 3 is 2.43 bits per heavy atom. The third kappa shape index (κ3) is 5.62. The predicted octanol–water partition coefficient (Wildman–Crippen LogP) is 4.52. The molecular weight excluding hydrogens is 521 g/mol. The standard InChI is InChI=1S/C24H21BrFN5O4/c1-12(32)15-5-6-17(26)21(22(15)35-23(33)13-3-7-19(27-2)28-10-13)16-9-18(16)30-24(34)31-20-8-4-14(25)11-29-20/h3-8,10-11,16,18H,9H2,1-2H3,(H,27,28)(H2,29,30,31,34)/t16-,18+/m1/s1. The van der Waals surface area contributed by atoms with Crippen LogP contribution in [0.3, 0.4) is 0 Å². The summed E-state index contributed by atoms with van der Waals surface area (Å²) in [7, 11) is 1.69. The maximum absolute atomic E-state index is 15.0. The molecule has 2 heterocycles. The molecule has 1 saturated carbocycles. The SMILES string of the molecule is CNc1ccc(C(=O)Oc2c(C(C)=O)ccc(F)c2[C@@H]2C[C@@H]2NC(=O)Nc2ccc(Br)cn2)cn1. The number of carbonyl (C=O) groups excluding carboxylic acids is 3. The molecule has 2 atom stereocenters. The molecule has 35 heavy (non-hydrogen) atoms. The normalized spacial score (nSPS) is 16.2. The molecule has 1 aliphatic rings. The third-order valence-electron chi connectivity index (χ3n) is 5.42. The van der Waals surface area contributed by atoms with Crippen LogP contribution in [0.15, 0.2) is 53.3 Å². The minimum Gasteiger partial charge on any atom is -0.422 e. The second kappa shape index (κ2) is 10.2. The monoisotopic (exact) mass is 541 g/mol. The number of ether oxygens (including phenoxy) is 1. The number of urea groups is 1. The molecule has 0 unspecified atom stereocenters. The molecule has 1 aromatic carbocycles. The van der Waals surface area contributed by atoms with Gasteiger partial charge < -0.3 is 15.4 Å². The highest BCUT2D eigenvalue weighted by molar-refractivity contribution is 9.10. The first-order valence-corrected chi connectivity index (χ1v) is 11.4. The number of benzene rings is 1. The summed E-state index contributed by atoms with van der Waals surface area (Å²) in [5.41, 5.74) is 0.280. The van der Waals surface area contributed by atoms with Crippen LogP contribution in [0.1, 0.15) is 45.5 Å². The number of hydrogen-bond donors (Lipinski definition) is 3. The van der Waals surface area contributed by atoms with Crippen molar-refractivity contribution in [2.45, 2.75) is 25.3 Å². The molecule has 0 spiro atoms. The number of nitrogens with one attached hydrogen (secondary N) is 3. The first-order valence-electron chi connectivity index (χ1n) is 10.6. The van der Waals surface area contributed by atoms with Crippen molar-refractivity contribution in [3.63, 3.8) is 0 Å². The number of ketones is 1. The molecule has 3 N–H and O–H groups in total. The van der Waals surface area contributed by atoms with Crippen LogP contribution in [0.2, 0.25) is 0 Å². The van der Waals surface area contributed by atoms with E-state index >= 15 is 0 Å². The molecule has 0 radical (unpaired) electrons. The highest BCUT2D eigenvalue weighted by atomic mass is 79.9. The van der Waals surface area contributed by atoms with E-state index in [1.54, 1.807) is 31.4 Å². The zero-order valence-electron chi connectivity index (χ0n) is 18.8. The van der Waals surface area contributed by atoms with Crippen molar-refractivity contribution >= 4 is 45.3 Å². The number of rotatable bonds is 7. The molecule has 2 aromatic heterocycles. The molecule has 0 aliphatic heterocycles. The van der Waals surface area contributed by atoms with Crippen LogP contribution in [0.5, 0.6) is 5.75 Å². The van der Waals surface area contributed by atoms with Crippen molar-refractivity contribution < 1.29 is 23.5 Å². The van der Waals surface area contributed by atoms with Crippen LogP contribution in [0.4, 0.5) is 20.8 Å². The molecule has 0 saturated heterocycles. The summed E-state index contributed by atoms with van der Waals surface area (Å²) in [5, 5.41) is 8.20. The van der Waals surface area contributed by atoms with Gasteiger partial charge in [-0.1, -0.05) is 0 Å². The molecular formula is C24H21BrFN5O4. The number of halogens is 2. The van der Waals surface area contributed by atoms with Crippen molar-refractivity contribution in [3.05, 3.63) is 75.8 Å². The number of nitrogens with zero attached hydrogens (tertiary/aromatic N) is 2. The summed E-state index contributed by atoms with van der Waals surface area (Å²) in [5.74, 6) is -1.53. The molecule has 11 heteroatoms. The van der Waals surface area contributed by atoms with Crippen molar-refractivity contribution in [1.29, 1.82) is 0 Å². The summed E-state index contributed by atoms with van der Waals surface area (Å²) in [6, 6.07) is 7.97. The predicted molar refractivity (Wildman–Crippen MR) is 130 cm³/mol. The van der Waals surface area contributed by atoms with Crippen molar-refractivity contribution in [2.75, 3.05) is 17.7 Å². The van der Waals surface area contributed by atoms with Crippen LogP contribution >= 0.6 is 15.9 Å². The molecule has 4 rings (SSSR count). The van der Waals surface area contributed by atoms with Crippen LogP contribution in [0, 0.1) is 5.82 Å². The van der Waals surface area contributed by atoms with Gasteiger partial charge in [-0.2, -0.15) is 0 Å². The van der Waals surface area contributed by atoms with Gasteiger partial charge in [-0.15, -0.1) is 0 Å². The number of pyridine rings is 2. The highest BCUT2D eigenvalue weighted by Crippen LogP contribution is 2.47. The molecule has 1 fully saturated rings. The van der Waals surface area contributed by atoms with Gasteiger partial charge in [0.15, 0.2) is 5.78 Å². The Morgan fingerprint density at radius 2 is 1.80 bits per heavy atom. The molecule has 9 nitrogen and oxygen atoms in total. The lowest BCUT2D eigenvalue weighted by Gasteiger charge is -2.15. The van der Waals surface area contributed by atoms with Crippen LogP contribution in [-0.2, 0) is 0 Å². The first-order chi connectivity index (χ1) is 16.8. The number of aromatic nitrogens is 2. The van der Waals surface area contributed by atoms with Gasteiger partial charge in [0, 0.05) is 41.4 Å². The van der Waals surface area contributed by atoms with Gasteiger partial charge >= 0.3 is 12.0 Å². The first kappa shape index (κ1) is 24.3. The van der Waals surface area contributed by atoms with E-state index in [4.69, 9.17) is 4.74 Å². The fourth-order valence-corrected chi connectivity index (χ4v) is 3.80. The molecule has 180 valence electrons. The van der Waals surface area contributed by atoms with Gasteiger partial charge in [-0.3, -0.25) is 10.1 Å². The lowest BCUT2D eigenvalue weighted by Crippen LogP contribution is -2.31. The quantitative estimate of drug-likeness (QED) is 0.228. The molecule has 1 aliphatic carbocycles. The van der Waals surface area contributed by atoms with Crippen molar-refractivity contribution in [3.8, 4) is 5.75 Å². The zero-order chi connectivity index (χ0) is 25.1. The minimum atomic E-state index is -0.779. The summed E-state index contributed by atoms with van der Waals surface area (Å²) < 4.78 is 21.3. The average Bonchev–Trinajstić information content (AvgIpc) is 3.58. The number of esters is 1. The Bertz CT molecular complexity index is 1280. The maximum Gasteiger partial charge on any atom is 0.345 e. The van der Waals surface area contributed by atoms with E-state index in [0.717, 1.165) is 10.5 Å². The van der Waals surface area contributed by atoms with Crippen molar-refractivity contribution in [2.24, 2.45) is 0 Å². The van der Waals surface area contributed by atoms with Gasteiger partial charge in [0.2, 0.25) is 0 Å². The summed E-state index contributed by atoms with van der Waals surface area (Å²) >= 11 is 3.27. The average molecular weight is 542 g/mol. The van der Waals surface area contributed by atoms with Gasteiger partial charge in [-0.25, -0.2) is 23.9 Å². The van der Waals surface area contributed by atoms with E-state index in [2.05, 4.69) is 41.8 Å². The zero-order valence-corrected chi connectivity index (χ0v) is 20.3. The second-order valence-electron chi connectivity index (χ2n) is 7.87. The Balaban J connectivity index is 1.54. The Labute approximate surface area is 208 Å². The van der Waals surface area contributed by atoms with E-state index in [0.29, 0.717) is 18.1 Å². The second-order valence-corrected chi connectivity index (χ2v) is 8.79. The van der Waals surface area contributed by atoms with Crippen LogP contribution < -0.4 is 20.7 Å². The lowest BCUT2D eigenvalue weighted by molar-refractivity contribution is 0.0730. The van der Waals surface area contributed by atoms with E-state index in [1.807, 2.05) is 0 Å². The van der Waals surface area contributed by atoms with E-state index in [1.165, 1.54) is 25.3 Å². The summed E-state index contributed by atoms with van der Waals surface area (Å²) in [6.07, 6.45) is 3.27. The van der Waals surface area contributed by atoms with Crippen LogP contribution in [0.25, 0.3) is 0 Å². The fraction of sp³-hybridized carbons (Fsp3) is 0.208. The minimum absolute atomic E-state index is 0.0675. The van der Waals surface area contributed by atoms with E-state index < -0.39 is 29.8 Å². The lowest BCUT2D eigenvalue weighted by atomic mass is 10.0. The van der Waals surface area contributed by atoms with Gasteiger partial charge in [0.25, 0.3) is 0 Å². The molecule has 0 bridgehead atoms. The van der Waals surface area contributed by atoms with E-state index in [9.17, 15) is 18.8 Å². The largest absolute Gasteiger partial charge is 0.422 e. The Hall–Kier alpha value is -3.86. The number of Topliss-reactive ketones (excluding diaryl/α,β-unsaturated/α-hetero) is 1. The smallest absolute Gasteiger partial charge is 0.345 e. The molecule has 3 aromatic rings. The van der Waals surface area contributed by atoms with E-state index in [-0.39, 0.29) is 28.2 Å².